The van der Waals surface area contributed by atoms with Gasteiger partial charge in [-0.3, -0.25) is 4.79 Å². The number of fused-ring (bicyclic) bond motifs is 2. The smallest absolute Gasteiger partial charge is 0.282 e. The van der Waals surface area contributed by atoms with Crippen molar-refractivity contribution in [2.45, 2.75) is 6.92 Å². The number of halogens is 1. The van der Waals surface area contributed by atoms with Crippen LogP contribution in [-0.4, -0.2) is 23.0 Å². The number of methoxy groups -OCH3 is 1. The van der Waals surface area contributed by atoms with E-state index in [9.17, 15) is 4.79 Å². The van der Waals surface area contributed by atoms with Gasteiger partial charge >= 0.3 is 0 Å². The average molecular weight is 488 g/mol. The van der Waals surface area contributed by atoms with Crippen molar-refractivity contribution >= 4 is 44.0 Å². The molecule has 6 nitrogen and oxygen atoms in total. The van der Waals surface area contributed by atoms with Crippen LogP contribution in [-0.2, 0) is 0 Å². The molecular formula is C25H18BrN3O3. The molecule has 0 N–H and O–H groups in total. The Hall–Kier alpha value is -3.71. The second-order valence-corrected chi connectivity index (χ2v) is 8.25. The maximum atomic E-state index is 13.3. The van der Waals surface area contributed by atoms with Crippen LogP contribution >= 0.6 is 15.9 Å². The van der Waals surface area contributed by atoms with Gasteiger partial charge in [-0.05, 0) is 72.6 Å². The summed E-state index contributed by atoms with van der Waals surface area (Å²) in [7, 11) is 1.63. The molecule has 0 aliphatic carbocycles. The third kappa shape index (κ3) is 3.61. The summed E-state index contributed by atoms with van der Waals surface area (Å²) in [5.74, 6) is 1.59. The maximum Gasteiger partial charge on any atom is 0.282 e. The Morgan fingerprint density at radius 2 is 1.94 bits per heavy atom. The fourth-order valence-electron chi connectivity index (χ4n) is 3.62. The summed E-state index contributed by atoms with van der Waals surface area (Å²) >= 11 is 3.48. The van der Waals surface area contributed by atoms with E-state index >= 15 is 0 Å². The van der Waals surface area contributed by atoms with Crippen LogP contribution in [0.4, 0.5) is 0 Å². The Kier molecular flexibility index (Phi) is 5.11. The first kappa shape index (κ1) is 20.2. The van der Waals surface area contributed by atoms with Crippen molar-refractivity contribution in [1.29, 1.82) is 0 Å². The summed E-state index contributed by atoms with van der Waals surface area (Å²) in [6.45, 7) is 1.96. The number of ether oxygens (including phenoxy) is 1. The van der Waals surface area contributed by atoms with Crippen molar-refractivity contribution in [1.82, 2.24) is 9.66 Å². The first-order valence-electron chi connectivity index (χ1n) is 9.94. The molecule has 0 atom stereocenters. The zero-order valence-electron chi connectivity index (χ0n) is 17.4. The molecule has 3 aromatic carbocycles. The van der Waals surface area contributed by atoms with Crippen LogP contribution in [0.25, 0.3) is 33.5 Å². The van der Waals surface area contributed by atoms with Gasteiger partial charge in [-0.1, -0.05) is 28.1 Å². The largest absolute Gasteiger partial charge is 0.496 e. The van der Waals surface area contributed by atoms with Crippen LogP contribution in [0.2, 0.25) is 0 Å². The molecular weight excluding hydrogens is 470 g/mol. The third-order valence-corrected chi connectivity index (χ3v) is 5.69. The van der Waals surface area contributed by atoms with Gasteiger partial charge in [0.2, 0.25) is 5.82 Å². The first-order valence-corrected chi connectivity index (χ1v) is 10.7. The van der Waals surface area contributed by atoms with E-state index in [0.29, 0.717) is 28.1 Å². The van der Waals surface area contributed by atoms with Gasteiger partial charge in [0.15, 0.2) is 5.76 Å². The molecule has 2 heterocycles. The zero-order chi connectivity index (χ0) is 22.2. The van der Waals surface area contributed by atoms with Gasteiger partial charge in [-0.2, -0.15) is 9.78 Å². The number of aromatic nitrogens is 2. The summed E-state index contributed by atoms with van der Waals surface area (Å²) < 4.78 is 13.6. The topological polar surface area (TPSA) is 69.6 Å². The zero-order valence-corrected chi connectivity index (χ0v) is 19.0. The van der Waals surface area contributed by atoms with E-state index in [-0.39, 0.29) is 5.56 Å². The van der Waals surface area contributed by atoms with Crippen LogP contribution in [0.3, 0.4) is 0 Å². The highest BCUT2D eigenvalue weighted by molar-refractivity contribution is 9.10. The Morgan fingerprint density at radius 1 is 1.09 bits per heavy atom. The molecule has 0 radical (unpaired) electrons. The van der Waals surface area contributed by atoms with Gasteiger partial charge in [0.05, 0.1) is 24.2 Å². The number of nitrogens with zero attached hydrogens (tertiary/aromatic N) is 3. The molecule has 0 fully saturated rings. The number of hydrogen-bond acceptors (Lipinski definition) is 5. The lowest BCUT2D eigenvalue weighted by Gasteiger charge is -2.08. The van der Waals surface area contributed by atoms with Crippen molar-refractivity contribution in [3.63, 3.8) is 0 Å². The predicted octanol–water partition coefficient (Wildman–Crippen LogP) is 5.77. The summed E-state index contributed by atoms with van der Waals surface area (Å²) in [5.41, 5.74) is 2.83. The van der Waals surface area contributed by atoms with Gasteiger partial charge in [0.25, 0.3) is 5.56 Å². The summed E-state index contributed by atoms with van der Waals surface area (Å²) in [5, 5.41) is 5.88. The first-order chi connectivity index (χ1) is 15.5. The van der Waals surface area contributed by atoms with Crippen molar-refractivity contribution in [3.8, 4) is 17.3 Å². The summed E-state index contributed by atoms with van der Waals surface area (Å²) in [4.78, 5) is 18.0. The van der Waals surface area contributed by atoms with Crippen LogP contribution in [0.1, 0.15) is 11.1 Å². The highest BCUT2D eigenvalue weighted by Gasteiger charge is 2.16. The summed E-state index contributed by atoms with van der Waals surface area (Å²) in [6, 6.07) is 20.5. The number of hydrogen-bond donors (Lipinski definition) is 0. The number of aryl methyl sites for hydroxylation is 1. The van der Waals surface area contributed by atoms with Crippen LogP contribution in [0.15, 0.2) is 85.5 Å². The van der Waals surface area contributed by atoms with E-state index in [2.05, 4.69) is 21.0 Å². The predicted molar refractivity (Wildman–Crippen MR) is 130 cm³/mol. The minimum absolute atomic E-state index is 0.270. The lowest BCUT2D eigenvalue weighted by atomic mass is 10.1. The fourth-order valence-corrected chi connectivity index (χ4v) is 4.00. The molecule has 32 heavy (non-hydrogen) atoms. The standard InChI is InChI=1S/C25H18BrN3O3/c1-15-11-16(7-9-21(15)31-2)14-27-29-24(28-20-6-4-3-5-19(20)25(29)30)23-13-17-12-18(26)8-10-22(17)32-23/h3-14H,1-2H3. The molecule has 0 bridgehead atoms. The molecule has 0 saturated heterocycles. The highest BCUT2D eigenvalue weighted by Crippen LogP contribution is 2.29. The molecule has 0 amide bonds. The van der Waals surface area contributed by atoms with Crippen LogP contribution < -0.4 is 10.3 Å². The quantitative estimate of drug-likeness (QED) is 0.301. The van der Waals surface area contributed by atoms with E-state index in [0.717, 1.165) is 26.7 Å². The number of para-hydroxylation sites is 1. The van der Waals surface area contributed by atoms with E-state index in [1.807, 2.05) is 61.5 Å². The van der Waals surface area contributed by atoms with Crippen molar-refractivity contribution < 1.29 is 9.15 Å². The van der Waals surface area contributed by atoms with E-state index in [1.165, 1.54) is 4.68 Å². The molecule has 2 aromatic heterocycles. The van der Waals surface area contributed by atoms with Gasteiger partial charge in [0.1, 0.15) is 11.3 Å². The molecule has 0 aliphatic heterocycles. The lowest BCUT2D eigenvalue weighted by Crippen LogP contribution is -2.20. The fraction of sp³-hybridized carbons (Fsp3) is 0.0800. The maximum absolute atomic E-state index is 13.3. The number of rotatable bonds is 4. The molecule has 0 spiro atoms. The van der Waals surface area contributed by atoms with E-state index in [4.69, 9.17) is 14.1 Å². The molecule has 0 aliphatic rings. The van der Waals surface area contributed by atoms with Crippen molar-refractivity contribution in [2.24, 2.45) is 5.10 Å². The van der Waals surface area contributed by atoms with Crippen LogP contribution in [0.5, 0.6) is 5.75 Å². The van der Waals surface area contributed by atoms with E-state index in [1.54, 1.807) is 25.5 Å². The van der Waals surface area contributed by atoms with Crippen LogP contribution in [0, 0.1) is 6.92 Å². The molecule has 7 heteroatoms. The molecule has 5 rings (SSSR count). The van der Waals surface area contributed by atoms with Gasteiger partial charge in [-0.15, -0.1) is 0 Å². The van der Waals surface area contributed by atoms with Crippen molar-refractivity contribution in [2.75, 3.05) is 7.11 Å². The highest BCUT2D eigenvalue weighted by atomic mass is 79.9. The molecule has 5 aromatic rings. The minimum atomic E-state index is -0.270. The second-order valence-electron chi connectivity index (χ2n) is 7.34. The van der Waals surface area contributed by atoms with Gasteiger partial charge < -0.3 is 9.15 Å². The van der Waals surface area contributed by atoms with E-state index < -0.39 is 0 Å². The Balaban J connectivity index is 1.70. The van der Waals surface area contributed by atoms with Gasteiger partial charge in [-0.25, -0.2) is 4.98 Å². The molecule has 0 saturated carbocycles. The normalized spacial score (nSPS) is 11.6. The molecule has 0 unspecified atom stereocenters. The summed E-state index contributed by atoms with van der Waals surface area (Å²) in [6.07, 6.45) is 1.63. The number of furan rings is 1. The van der Waals surface area contributed by atoms with Gasteiger partial charge in [0, 0.05) is 9.86 Å². The minimum Gasteiger partial charge on any atom is -0.496 e. The average Bonchev–Trinajstić information content (AvgIpc) is 3.21. The monoisotopic (exact) mass is 487 g/mol. The Labute approximate surface area is 191 Å². The van der Waals surface area contributed by atoms with Crippen molar-refractivity contribution in [3.05, 3.63) is 92.7 Å². The Morgan fingerprint density at radius 3 is 2.75 bits per heavy atom. The second kappa shape index (κ2) is 8.09. The Bertz CT molecular complexity index is 1570. The molecule has 158 valence electrons. The third-order valence-electron chi connectivity index (χ3n) is 5.19. The SMILES string of the molecule is COc1ccc(C=Nn2c(-c3cc4cc(Br)ccc4o3)nc3ccccc3c2=O)cc1C. The lowest BCUT2D eigenvalue weighted by molar-refractivity contribution is 0.411. The number of benzene rings is 3.